The van der Waals surface area contributed by atoms with E-state index in [9.17, 15) is 0 Å². The quantitative estimate of drug-likeness (QED) is 0.205. The van der Waals surface area contributed by atoms with Crippen molar-refractivity contribution < 1.29 is 9.15 Å². The summed E-state index contributed by atoms with van der Waals surface area (Å²) in [5.41, 5.74) is 12.5. The number of furan rings is 1. The second kappa shape index (κ2) is 7.61. The number of hydrogen-bond donors (Lipinski definition) is 0. The third-order valence-electron chi connectivity index (χ3n) is 8.83. The third-order valence-corrected chi connectivity index (χ3v) is 8.83. The lowest BCUT2D eigenvalue weighted by Crippen LogP contribution is -2.61. The van der Waals surface area contributed by atoms with Gasteiger partial charge in [0.1, 0.15) is 11.2 Å². The van der Waals surface area contributed by atoms with E-state index in [0.29, 0.717) is 0 Å². The number of benzene rings is 6. The van der Waals surface area contributed by atoms with E-state index in [1.165, 1.54) is 33.5 Å². The van der Waals surface area contributed by atoms with E-state index < -0.39 is 0 Å². The molecule has 0 radical (unpaired) electrons. The highest BCUT2D eigenvalue weighted by Gasteiger charge is 2.45. The average Bonchev–Trinajstić information content (AvgIpc) is 3.41. The van der Waals surface area contributed by atoms with Gasteiger partial charge in [-0.1, -0.05) is 72.8 Å². The summed E-state index contributed by atoms with van der Waals surface area (Å²) in [5.74, 6) is 1.77. The molecule has 0 atom stereocenters. The smallest absolute Gasteiger partial charge is 0.252 e. The summed E-state index contributed by atoms with van der Waals surface area (Å²) < 4.78 is 12.8. The van der Waals surface area contributed by atoms with E-state index in [1.54, 1.807) is 0 Å². The van der Waals surface area contributed by atoms with Crippen LogP contribution in [0.25, 0.3) is 21.9 Å². The Labute approximate surface area is 236 Å². The molecule has 10 rings (SSSR count). The number of fused-ring (bicyclic) bond motifs is 9. The fourth-order valence-electron chi connectivity index (χ4n) is 7.28. The maximum absolute atomic E-state index is 6.48. The fourth-order valence-corrected chi connectivity index (χ4v) is 7.28. The van der Waals surface area contributed by atoms with Crippen molar-refractivity contribution in [2.45, 2.75) is 0 Å². The zero-order valence-corrected chi connectivity index (χ0v) is 21.9. The molecule has 190 valence electrons. The monoisotopic (exact) mass is 524 g/mol. The summed E-state index contributed by atoms with van der Waals surface area (Å²) >= 11 is 0. The summed E-state index contributed by atoms with van der Waals surface area (Å²) in [7, 11) is 0. The van der Waals surface area contributed by atoms with Crippen molar-refractivity contribution >= 4 is 79.2 Å². The highest BCUT2D eigenvalue weighted by molar-refractivity contribution is 7.00. The lowest BCUT2D eigenvalue weighted by Gasteiger charge is -2.45. The molecule has 5 heteroatoms. The minimum atomic E-state index is 0.0778. The Morgan fingerprint density at radius 2 is 1.10 bits per heavy atom. The second-order valence-corrected chi connectivity index (χ2v) is 10.9. The first-order chi connectivity index (χ1) is 20.4. The topological polar surface area (TPSA) is 28.9 Å². The lowest BCUT2D eigenvalue weighted by molar-refractivity contribution is 0.477. The number of hydrogen-bond acceptors (Lipinski definition) is 4. The molecular weight excluding hydrogens is 503 g/mol. The molecule has 0 saturated heterocycles. The van der Waals surface area contributed by atoms with Gasteiger partial charge in [0, 0.05) is 22.4 Å². The van der Waals surface area contributed by atoms with Crippen LogP contribution in [-0.2, 0) is 0 Å². The first-order valence-corrected chi connectivity index (χ1v) is 14.0. The van der Waals surface area contributed by atoms with Crippen molar-refractivity contribution in [3.63, 3.8) is 0 Å². The summed E-state index contributed by atoms with van der Waals surface area (Å²) in [6.07, 6.45) is 0. The molecular formula is C36H21BN2O2. The van der Waals surface area contributed by atoms with Crippen molar-refractivity contribution in [3.05, 3.63) is 127 Å². The van der Waals surface area contributed by atoms with Gasteiger partial charge in [0.15, 0.2) is 11.5 Å². The van der Waals surface area contributed by atoms with Crippen LogP contribution in [-0.4, -0.2) is 6.71 Å². The molecule has 0 unspecified atom stereocenters. The normalized spacial score (nSPS) is 13.9. The van der Waals surface area contributed by atoms with Gasteiger partial charge in [0.25, 0.3) is 6.71 Å². The summed E-state index contributed by atoms with van der Waals surface area (Å²) in [4.78, 5) is 4.84. The Morgan fingerprint density at radius 1 is 0.463 bits per heavy atom. The molecule has 0 saturated carbocycles. The number of nitrogens with zero attached hydrogens (tertiary/aromatic N) is 2. The van der Waals surface area contributed by atoms with Crippen LogP contribution >= 0.6 is 0 Å². The Morgan fingerprint density at radius 3 is 2.05 bits per heavy atom. The molecule has 4 heterocycles. The van der Waals surface area contributed by atoms with Gasteiger partial charge >= 0.3 is 0 Å². The number of ether oxygens (including phenoxy) is 1. The molecule has 1 aromatic heterocycles. The maximum Gasteiger partial charge on any atom is 0.252 e. The van der Waals surface area contributed by atoms with Crippen LogP contribution in [0.5, 0.6) is 11.5 Å². The van der Waals surface area contributed by atoms with E-state index >= 15 is 0 Å². The minimum Gasteiger partial charge on any atom is -0.456 e. The first kappa shape index (κ1) is 21.4. The van der Waals surface area contributed by atoms with Crippen LogP contribution in [0.2, 0.25) is 0 Å². The Balaban J connectivity index is 1.33. The van der Waals surface area contributed by atoms with Crippen LogP contribution < -0.4 is 30.9 Å². The standard InChI is InChI=1S/C36H21BN2O2/c1-5-18-30-22(10-1)34-27(15-9-20-32(34)40-30)38-25-13-3-2-11-23(25)37-24-12-7-21-33-36(24)39(26-14-4-6-19-31(26)41-33)29-17-8-16-28(38)35(29)37/h1-21H. The van der Waals surface area contributed by atoms with Crippen molar-refractivity contribution in [1.82, 2.24) is 0 Å². The van der Waals surface area contributed by atoms with Gasteiger partial charge in [-0.25, -0.2) is 0 Å². The lowest BCUT2D eigenvalue weighted by atomic mass is 9.33. The van der Waals surface area contributed by atoms with Crippen LogP contribution in [0.4, 0.5) is 34.1 Å². The third kappa shape index (κ3) is 2.66. The zero-order valence-electron chi connectivity index (χ0n) is 21.9. The molecule has 0 aliphatic carbocycles. The van der Waals surface area contributed by atoms with E-state index in [1.807, 2.05) is 18.2 Å². The Bertz CT molecular complexity index is 2240. The molecule has 6 aromatic carbocycles. The number of rotatable bonds is 1. The maximum atomic E-state index is 6.48. The van der Waals surface area contributed by atoms with Crippen molar-refractivity contribution in [2.24, 2.45) is 0 Å². The highest BCUT2D eigenvalue weighted by Crippen LogP contribution is 2.53. The molecule has 0 amide bonds. The largest absolute Gasteiger partial charge is 0.456 e. The van der Waals surface area contributed by atoms with Gasteiger partial charge < -0.3 is 19.0 Å². The molecule has 0 bridgehead atoms. The van der Waals surface area contributed by atoms with Gasteiger partial charge in [0.05, 0.1) is 22.4 Å². The molecule has 0 spiro atoms. The summed E-state index contributed by atoms with van der Waals surface area (Å²) in [6.45, 7) is 0.0778. The Hall–Kier alpha value is -5.42. The van der Waals surface area contributed by atoms with Gasteiger partial charge in [0.2, 0.25) is 0 Å². The molecule has 7 aromatic rings. The van der Waals surface area contributed by atoms with Crippen LogP contribution in [0, 0.1) is 0 Å². The van der Waals surface area contributed by atoms with E-state index in [0.717, 1.165) is 50.5 Å². The average molecular weight is 524 g/mol. The fraction of sp³-hybridized carbons (Fsp3) is 0. The number of anilines is 6. The molecule has 0 fully saturated rings. The molecule has 41 heavy (non-hydrogen) atoms. The van der Waals surface area contributed by atoms with Crippen LogP contribution in [0.3, 0.4) is 0 Å². The van der Waals surface area contributed by atoms with Gasteiger partial charge in [-0.3, -0.25) is 0 Å². The summed E-state index contributed by atoms with van der Waals surface area (Å²) in [6, 6.07) is 45.1. The Kier molecular flexibility index (Phi) is 3.98. The highest BCUT2D eigenvalue weighted by atomic mass is 16.5. The minimum absolute atomic E-state index is 0.0778. The van der Waals surface area contributed by atoms with Crippen molar-refractivity contribution in [2.75, 3.05) is 9.80 Å². The van der Waals surface area contributed by atoms with Gasteiger partial charge in [-0.05, 0) is 71.0 Å². The SMILES string of the molecule is c1ccc2c(c1)Oc1cccc3c1N2c1cccc2c1B3c1ccccc1N2c1cccc2oc3ccccc3c12. The van der Waals surface area contributed by atoms with Crippen molar-refractivity contribution in [1.29, 1.82) is 0 Å². The summed E-state index contributed by atoms with van der Waals surface area (Å²) in [5, 5.41) is 2.25. The number of para-hydroxylation sites is 5. The van der Waals surface area contributed by atoms with E-state index in [2.05, 4.69) is 119 Å². The second-order valence-electron chi connectivity index (χ2n) is 10.9. The van der Waals surface area contributed by atoms with Gasteiger partial charge in [-0.15, -0.1) is 0 Å². The van der Waals surface area contributed by atoms with E-state index in [4.69, 9.17) is 9.15 Å². The molecule has 4 nitrogen and oxygen atoms in total. The van der Waals surface area contributed by atoms with Crippen molar-refractivity contribution in [3.8, 4) is 11.5 Å². The zero-order chi connectivity index (χ0) is 26.7. The predicted molar refractivity (Wildman–Crippen MR) is 168 cm³/mol. The van der Waals surface area contributed by atoms with Crippen LogP contribution in [0.15, 0.2) is 132 Å². The van der Waals surface area contributed by atoms with Gasteiger partial charge in [-0.2, -0.15) is 0 Å². The predicted octanol–water partition coefficient (Wildman–Crippen LogP) is 7.77. The van der Waals surface area contributed by atoms with E-state index in [-0.39, 0.29) is 6.71 Å². The molecule has 3 aliphatic rings. The molecule has 3 aliphatic heterocycles. The molecule has 0 N–H and O–H groups in total. The van der Waals surface area contributed by atoms with Crippen LogP contribution in [0.1, 0.15) is 0 Å². The first-order valence-electron chi connectivity index (χ1n) is 14.0.